The maximum absolute atomic E-state index is 13.6. The highest BCUT2D eigenvalue weighted by molar-refractivity contribution is 6.46. The summed E-state index contributed by atoms with van der Waals surface area (Å²) in [6, 6.07) is 17.7. The molecule has 0 aromatic heterocycles. The number of nitrogens with one attached hydrogen (secondary N) is 1. The van der Waals surface area contributed by atoms with Crippen LogP contribution in [0.25, 0.3) is 5.57 Å². The number of hydrogen-bond acceptors (Lipinski definition) is 4. The van der Waals surface area contributed by atoms with E-state index in [1.54, 1.807) is 25.1 Å². The Labute approximate surface area is 194 Å². The Balaban J connectivity index is 1.80. The van der Waals surface area contributed by atoms with E-state index in [1.807, 2.05) is 38.1 Å². The van der Waals surface area contributed by atoms with Crippen LogP contribution in [0.3, 0.4) is 0 Å². The first kappa shape index (κ1) is 23.1. The monoisotopic (exact) mass is 466 g/mol. The third kappa shape index (κ3) is 4.66. The van der Waals surface area contributed by atoms with Gasteiger partial charge in [-0.25, -0.2) is 4.90 Å². The molecule has 0 unspecified atom stereocenters. The lowest BCUT2D eigenvalue weighted by Crippen LogP contribution is -2.33. The maximum Gasteiger partial charge on any atom is 0.573 e. The molecule has 8 heteroatoms. The lowest BCUT2D eigenvalue weighted by molar-refractivity contribution is -0.274. The Morgan fingerprint density at radius 2 is 1.50 bits per heavy atom. The first-order valence-corrected chi connectivity index (χ1v) is 10.4. The topological polar surface area (TPSA) is 58.6 Å². The van der Waals surface area contributed by atoms with Crippen LogP contribution >= 0.6 is 0 Å². The molecular weight excluding hydrogens is 445 g/mol. The molecule has 34 heavy (non-hydrogen) atoms. The molecule has 0 aliphatic carbocycles. The van der Waals surface area contributed by atoms with E-state index in [9.17, 15) is 22.8 Å². The Kier molecular flexibility index (Phi) is 5.91. The van der Waals surface area contributed by atoms with Crippen LogP contribution < -0.4 is 15.0 Å². The summed E-state index contributed by atoms with van der Waals surface area (Å²) in [5, 5.41) is 2.86. The Hall–Kier alpha value is -4.07. The Bertz CT molecular complexity index is 1310. The standard InChI is InChI=1S/C26H21F3N2O3/c1-15-8-11-18(12-9-15)22-23(30-19-5-4-6-20(14-19)34-26(27,28)29)25(33)31(24(22)32)21-13-16(2)7-10-17(21)3/h4-14,30H,1-3H3. The maximum atomic E-state index is 13.6. The van der Waals surface area contributed by atoms with Gasteiger partial charge >= 0.3 is 6.36 Å². The smallest absolute Gasteiger partial charge is 0.406 e. The number of halogens is 3. The third-order valence-electron chi connectivity index (χ3n) is 5.37. The fourth-order valence-electron chi connectivity index (χ4n) is 3.73. The zero-order valence-electron chi connectivity index (χ0n) is 18.7. The van der Waals surface area contributed by atoms with Crippen molar-refractivity contribution in [1.29, 1.82) is 0 Å². The van der Waals surface area contributed by atoms with E-state index in [4.69, 9.17) is 0 Å². The van der Waals surface area contributed by atoms with E-state index in [-0.39, 0.29) is 17.0 Å². The van der Waals surface area contributed by atoms with Crippen LogP contribution in [0.4, 0.5) is 24.5 Å². The molecule has 5 nitrogen and oxygen atoms in total. The molecule has 174 valence electrons. The van der Waals surface area contributed by atoms with Crippen LogP contribution in [0.5, 0.6) is 5.75 Å². The molecule has 1 N–H and O–H groups in total. The zero-order chi connectivity index (χ0) is 24.6. The van der Waals surface area contributed by atoms with E-state index in [0.717, 1.165) is 33.7 Å². The SMILES string of the molecule is Cc1ccc(C2=C(Nc3cccc(OC(F)(F)F)c3)C(=O)N(c3cc(C)ccc3C)C2=O)cc1. The van der Waals surface area contributed by atoms with Gasteiger partial charge in [-0.15, -0.1) is 13.2 Å². The molecule has 1 aliphatic heterocycles. The second-order valence-corrected chi connectivity index (χ2v) is 8.05. The van der Waals surface area contributed by atoms with Gasteiger partial charge in [0.25, 0.3) is 11.8 Å². The molecule has 0 fully saturated rings. The first-order chi connectivity index (χ1) is 16.0. The highest BCUT2D eigenvalue weighted by Gasteiger charge is 2.41. The molecular formula is C26H21F3N2O3. The Morgan fingerprint density at radius 1 is 0.824 bits per heavy atom. The average molecular weight is 466 g/mol. The van der Waals surface area contributed by atoms with Gasteiger partial charge in [-0.05, 0) is 55.7 Å². The minimum atomic E-state index is -4.86. The summed E-state index contributed by atoms with van der Waals surface area (Å²) >= 11 is 0. The number of imide groups is 1. The minimum absolute atomic E-state index is 0.0288. The molecule has 0 radical (unpaired) electrons. The van der Waals surface area contributed by atoms with Crippen LogP contribution in [0.1, 0.15) is 22.3 Å². The van der Waals surface area contributed by atoms with E-state index in [1.165, 1.54) is 12.1 Å². The highest BCUT2D eigenvalue weighted by atomic mass is 19.4. The van der Waals surface area contributed by atoms with Gasteiger partial charge in [0.05, 0.1) is 11.3 Å². The van der Waals surface area contributed by atoms with Crippen molar-refractivity contribution in [2.75, 3.05) is 10.2 Å². The van der Waals surface area contributed by atoms with Crippen molar-refractivity contribution in [3.05, 3.63) is 94.7 Å². The van der Waals surface area contributed by atoms with Crippen LogP contribution in [0.2, 0.25) is 0 Å². The summed E-state index contributed by atoms with van der Waals surface area (Å²) in [4.78, 5) is 28.2. The highest BCUT2D eigenvalue weighted by Crippen LogP contribution is 2.36. The number of hydrogen-bond donors (Lipinski definition) is 1. The summed E-state index contributed by atoms with van der Waals surface area (Å²) in [6.45, 7) is 5.55. The largest absolute Gasteiger partial charge is 0.573 e. The van der Waals surface area contributed by atoms with Gasteiger partial charge in [0.1, 0.15) is 11.4 Å². The summed E-state index contributed by atoms with van der Waals surface area (Å²) in [5.74, 6) is -1.57. The van der Waals surface area contributed by atoms with Gasteiger partial charge in [0, 0.05) is 11.8 Å². The van der Waals surface area contributed by atoms with E-state index < -0.39 is 23.9 Å². The van der Waals surface area contributed by atoms with Crippen molar-refractivity contribution in [3.63, 3.8) is 0 Å². The number of carbonyl (C=O) groups excluding carboxylic acids is 2. The zero-order valence-corrected chi connectivity index (χ0v) is 18.7. The normalized spacial score (nSPS) is 14.1. The number of amides is 2. The number of nitrogens with zero attached hydrogens (tertiary/aromatic N) is 1. The van der Waals surface area contributed by atoms with Gasteiger partial charge in [0.2, 0.25) is 0 Å². The van der Waals surface area contributed by atoms with Gasteiger partial charge in [-0.1, -0.05) is 48.0 Å². The van der Waals surface area contributed by atoms with Crippen molar-refractivity contribution >= 4 is 28.8 Å². The number of alkyl halides is 3. The number of benzene rings is 3. The van der Waals surface area contributed by atoms with Gasteiger partial charge in [-0.3, -0.25) is 9.59 Å². The van der Waals surface area contributed by atoms with E-state index in [0.29, 0.717) is 11.3 Å². The lowest BCUT2D eigenvalue weighted by atomic mass is 10.0. The number of rotatable bonds is 5. The fraction of sp³-hybridized carbons (Fsp3) is 0.154. The molecule has 0 saturated heterocycles. The van der Waals surface area contributed by atoms with Gasteiger partial charge in [-0.2, -0.15) is 0 Å². The second-order valence-electron chi connectivity index (χ2n) is 8.05. The molecule has 1 heterocycles. The predicted molar refractivity (Wildman–Crippen MR) is 123 cm³/mol. The van der Waals surface area contributed by atoms with E-state index >= 15 is 0 Å². The summed E-state index contributed by atoms with van der Waals surface area (Å²) in [6.07, 6.45) is -4.86. The van der Waals surface area contributed by atoms with Crippen molar-refractivity contribution in [2.45, 2.75) is 27.1 Å². The van der Waals surface area contributed by atoms with Crippen LogP contribution in [0.15, 0.2) is 72.4 Å². The van der Waals surface area contributed by atoms with Crippen molar-refractivity contribution < 1.29 is 27.5 Å². The second kappa shape index (κ2) is 8.70. The minimum Gasteiger partial charge on any atom is -0.406 e. The molecule has 2 amide bonds. The van der Waals surface area contributed by atoms with Crippen LogP contribution in [0, 0.1) is 20.8 Å². The average Bonchev–Trinajstić information content (AvgIpc) is 2.99. The summed E-state index contributed by atoms with van der Waals surface area (Å²) in [7, 11) is 0. The third-order valence-corrected chi connectivity index (χ3v) is 5.37. The molecule has 0 atom stereocenters. The molecule has 0 saturated carbocycles. The number of anilines is 2. The van der Waals surface area contributed by atoms with E-state index in [2.05, 4.69) is 10.1 Å². The summed E-state index contributed by atoms with van der Waals surface area (Å²) in [5.41, 5.74) is 3.82. The molecule has 4 rings (SSSR count). The number of carbonyl (C=O) groups is 2. The first-order valence-electron chi connectivity index (χ1n) is 10.4. The molecule has 0 bridgehead atoms. The fourth-order valence-corrected chi connectivity index (χ4v) is 3.73. The molecule has 0 spiro atoms. The van der Waals surface area contributed by atoms with Crippen LogP contribution in [-0.2, 0) is 9.59 Å². The quantitative estimate of drug-likeness (QED) is 0.475. The van der Waals surface area contributed by atoms with Gasteiger partial charge < -0.3 is 10.1 Å². The lowest BCUT2D eigenvalue weighted by Gasteiger charge is -2.18. The Morgan fingerprint density at radius 3 is 2.18 bits per heavy atom. The number of ether oxygens (including phenoxy) is 1. The number of aryl methyl sites for hydroxylation is 3. The molecule has 1 aliphatic rings. The predicted octanol–water partition coefficient (Wildman–Crippen LogP) is 5.91. The molecule has 3 aromatic rings. The molecule has 3 aromatic carbocycles. The van der Waals surface area contributed by atoms with Crippen molar-refractivity contribution in [1.82, 2.24) is 0 Å². The van der Waals surface area contributed by atoms with Crippen molar-refractivity contribution in [3.8, 4) is 5.75 Å². The van der Waals surface area contributed by atoms with Crippen molar-refractivity contribution in [2.24, 2.45) is 0 Å². The van der Waals surface area contributed by atoms with Crippen LogP contribution in [-0.4, -0.2) is 18.2 Å². The summed E-state index contributed by atoms with van der Waals surface area (Å²) < 4.78 is 42.0. The van der Waals surface area contributed by atoms with Gasteiger partial charge in [0.15, 0.2) is 0 Å².